The number of alkyl carbamates (subject to hydrolysis) is 1. The van der Waals surface area contributed by atoms with E-state index in [2.05, 4.69) is 54.0 Å². The molecule has 0 saturated carbocycles. The maximum absolute atomic E-state index is 14.7. The fourth-order valence-electron chi connectivity index (χ4n) is 6.77. The number of hydrogen-bond acceptors (Lipinski definition) is 6. The van der Waals surface area contributed by atoms with E-state index >= 15 is 0 Å². The van der Waals surface area contributed by atoms with Crippen molar-refractivity contribution >= 4 is 26.2 Å². The number of amides is 3. The summed E-state index contributed by atoms with van der Waals surface area (Å²) in [6.07, 6.45) is 7.46. The van der Waals surface area contributed by atoms with Crippen molar-refractivity contribution < 1.29 is 23.5 Å². The molecule has 2 aromatic carbocycles. The van der Waals surface area contributed by atoms with Crippen molar-refractivity contribution in [3.05, 3.63) is 90.5 Å². The number of likely N-dealkylation sites (tertiary alicyclic amines) is 1. The van der Waals surface area contributed by atoms with Gasteiger partial charge in [-0.1, -0.05) is 95.3 Å². The average Bonchev–Trinajstić information content (AvgIpc) is 3.64. The number of rotatable bonds is 15. The van der Waals surface area contributed by atoms with E-state index in [4.69, 9.17) is 9.16 Å². The van der Waals surface area contributed by atoms with Gasteiger partial charge in [-0.15, -0.1) is 0 Å². The molecule has 0 unspecified atom stereocenters. The highest BCUT2D eigenvalue weighted by Crippen LogP contribution is 2.39. The van der Waals surface area contributed by atoms with Gasteiger partial charge in [-0.2, -0.15) is 0 Å². The molecule has 1 aromatic heterocycles. The molecule has 296 valence electrons. The molecule has 0 aliphatic carbocycles. The van der Waals surface area contributed by atoms with Gasteiger partial charge in [0.05, 0.1) is 18.5 Å². The van der Waals surface area contributed by atoms with Crippen LogP contribution in [0.4, 0.5) is 4.79 Å². The second-order valence-electron chi connectivity index (χ2n) is 17.8. The lowest BCUT2D eigenvalue weighted by molar-refractivity contribution is -0.140. The molecule has 1 fully saturated rings. The summed E-state index contributed by atoms with van der Waals surface area (Å²) >= 11 is 0. The van der Waals surface area contributed by atoms with Crippen LogP contribution in [0.1, 0.15) is 91.8 Å². The number of piperidine rings is 1. The molecule has 4 atom stereocenters. The zero-order valence-electron chi connectivity index (χ0n) is 34.3. The minimum atomic E-state index is -2.45. The van der Waals surface area contributed by atoms with Crippen molar-refractivity contribution in [1.29, 1.82) is 0 Å². The third kappa shape index (κ3) is 12.5. The minimum absolute atomic E-state index is 0.0523. The van der Waals surface area contributed by atoms with E-state index in [0.29, 0.717) is 38.4 Å². The van der Waals surface area contributed by atoms with Gasteiger partial charge in [0.2, 0.25) is 11.8 Å². The van der Waals surface area contributed by atoms with Gasteiger partial charge in [0.1, 0.15) is 11.6 Å². The van der Waals surface area contributed by atoms with Crippen LogP contribution >= 0.6 is 0 Å². The van der Waals surface area contributed by atoms with Gasteiger partial charge in [-0.05, 0) is 88.1 Å². The van der Waals surface area contributed by atoms with Crippen LogP contribution in [0.25, 0.3) is 0 Å². The van der Waals surface area contributed by atoms with Crippen LogP contribution in [0, 0.1) is 11.8 Å². The van der Waals surface area contributed by atoms with Crippen LogP contribution in [0.5, 0.6) is 0 Å². The van der Waals surface area contributed by atoms with Crippen molar-refractivity contribution in [3.8, 4) is 0 Å². The standard InChI is InChI=1S/C43H65N5O5Si/c1-31(2)38(40(50)47-24-21-35(22-25-47)48-26-23-44-30-48)46-39(49)34(27-32-17-13-11-14-18-32)29-37(53-54(9,10)43(6,7)8)36(28-33-19-15-12-16-20-33)45-41(51)52-42(3,4)5/h11-20,23,26,30-31,34-38H,21-22,24-25,27-29H2,1-10H3,(H,45,51)(H,46,49)/t34-,36+,37-,38-/m0/s1. The Kier molecular flexibility index (Phi) is 14.7. The molecule has 0 spiro atoms. The molecule has 3 aromatic rings. The van der Waals surface area contributed by atoms with E-state index in [0.717, 1.165) is 24.0 Å². The minimum Gasteiger partial charge on any atom is -0.444 e. The quantitative estimate of drug-likeness (QED) is 0.152. The van der Waals surface area contributed by atoms with Crippen LogP contribution in [-0.4, -0.2) is 77.6 Å². The number of nitrogens with one attached hydrogen (secondary N) is 2. The molecule has 11 heteroatoms. The van der Waals surface area contributed by atoms with Crippen molar-refractivity contribution in [2.24, 2.45) is 11.8 Å². The first-order chi connectivity index (χ1) is 25.3. The Bertz CT molecular complexity index is 1610. The lowest BCUT2D eigenvalue weighted by Crippen LogP contribution is -2.56. The Morgan fingerprint density at radius 1 is 0.870 bits per heavy atom. The summed E-state index contributed by atoms with van der Waals surface area (Å²) < 4.78 is 15.1. The Labute approximate surface area is 324 Å². The summed E-state index contributed by atoms with van der Waals surface area (Å²) in [6, 6.07) is 19.1. The molecule has 1 saturated heterocycles. The summed E-state index contributed by atoms with van der Waals surface area (Å²) in [7, 11) is -2.45. The third-order valence-electron chi connectivity index (χ3n) is 10.9. The molecule has 2 heterocycles. The molecular formula is C43H65N5O5Si. The fourth-order valence-corrected chi connectivity index (χ4v) is 8.14. The predicted molar refractivity (Wildman–Crippen MR) is 217 cm³/mol. The number of aromatic nitrogens is 2. The molecule has 10 nitrogen and oxygen atoms in total. The lowest BCUT2D eigenvalue weighted by Gasteiger charge is -2.42. The normalized spacial score (nSPS) is 16.7. The van der Waals surface area contributed by atoms with Crippen LogP contribution in [0.15, 0.2) is 79.4 Å². The summed E-state index contributed by atoms with van der Waals surface area (Å²) in [5, 5.41) is 6.27. The van der Waals surface area contributed by atoms with E-state index in [9.17, 15) is 14.4 Å². The first-order valence-electron chi connectivity index (χ1n) is 19.6. The Hall–Kier alpha value is -3.96. The number of carbonyl (C=O) groups excluding carboxylic acids is 3. The number of nitrogens with zero attached hydrogens (tertiary/aromatic N) is 3. The molecule has 2 N–H and O–H groups in total. The number of hydrogen-bond donors (Lipinski definition) is 2. The molecule has 3 amide bonds. The Balaban J connectivity index is 1.66. The highest BCUT2D eigenvalue weighted by atomic mass is 28.4. The SMILES string of the molecule is CC(C)[C@H](NC(=O)[C@@H](Cc1ccccc1)C[C@H](O[Si](C)(C)C(C)(C)C)[C@@H](Cc1ccccc1)NC(=O)OC(C)(C)C)C(=O)N1CCC(n2ccnc2)CC1. The molecule has 1 aliphatic heterocycles. The largest absolute Gasteiger partial charge is 0.444 e. The van der Waals surface area contributed by atoms with Crippen molar-refractivity contribution in [3.63, 3.8) is 0 Å². The van der Waals surface area contributed by atoms with E-state index in [-0.39, 0.29) is 22.8 Å². The molecule has 0 bridgehead atoms. The maximum Gasteiger partial charge on any atom is 0.407 e. The zero-order chi connectivity index (χ0) is 39.7. The number of carbonyl (C=O) groups is 3. The van der Waals surface area contributed by atoms with Crippen LogP contribution in [-0.2, 0) is 31.6 Å². The second-order valence-corrected chi connectivity index (χ2v) is 22.5. The van der Waals surface area contributed by atoms with Gasteiger partial charge in [-0.25, -0.2) is 9.78 Å². The molecule has 1 aliphatic rings. The van der Waals surface area contributed by atoms with Gasteiger partial charge in [0.15, 0.2) is 8.32 Å². The fraction of sp³-hybridized carbons (Fsp3) is 0.581. The molecule has 4 rings (SSSR count). The first kappa shape index (κ1) is 42.8. The van der Waals surface area contributed by atoms with Crippen molar-refractivity contribution in [1.82, 2.24) is 25.1 Å². The molecule has 0 radical (unpaired) electrons. The van der Waals surface area contributed by atoms with Gasteiger partial charge in [0, 0.05) is 37.4 Å². The van der Waals surface area contributed by atoms with Gasteiger partial charge < -0.3 is 29.3 Å². The predicted octanol–water partition coefficient (Wildman–Crippen LogP) is 7.96. The summed E-state index contributed by atoms with van der Waals surface area (Å²) in [5.41, 5.74) is 1.35. The van der Waals surface area contributed by atoms with Crippen LogP contribution in [0.3, 0.4) is 0 Å². The topological polar surface area (TPSA) is 115 Å². The monoisotopic (exact) mass is 759 g/mol. The van der Waals surface area contributed by atoms with Gasteiger partial charge >= 0.3 is 6.09 Å². The van der Waals surface area contributed by atoms with E-state index in [1.54, 1.807) is 6.20 Å². The van der Waals surface area contributed by atoms with Crippen LogP contribution < -0.4 is 10.6 Å². The Morgan fingerprint density at radius 2 is 1.44 bits per heavy atom. The summed E-state index contributed by atoms with van der Waals surface area (Å²) in [4.78, 5) is 48.4. The first-order valence-corrected chi connectivity index (χ1v) is 22.6. The Morgan fingerprint density at radius 3 is 1.94 bits per heavy atom. The van der Waals surface area contributed by atoms with Crippen molar-refractivity contribution in [2.75, 3.05) is 13.1 Å². The van der Waals surface area contributed by atoms with E-state index < -0.39 is 44.1 Å². The lowest BCUT2D eigenvalue weighted by atomic mass is 9.88. The highest BCUT2D eigenvalue weighted by molar-refractivity contribution is 6.74. The number of benzene rings is 2. The highest BCUT2D eigenvalue weighted by Gasteiger charge is 2.43. The summed E-state index contributed by atoms with van der Waals surface area (Å²) in [5.74, 6) is -0.923. The van der Waals surface area contributed by atoms with Crippen molar-refractivity contribution in [2.45, 2.75) is 135 Å². The second kappa shape index (κ2) is 18.6. The molecular weight excluding hydrogens is 695 g/mol. The number of ether oxygens (including phenoxy) is 1. The summed E-state index contributed by atoms with van der Waals surface area (Å²) in [6.45, 7) is 21.7. The zero-order valence-corrected chi connectivity index (χ0v) is 35.3. The number of imidazole rings is 1. The van der Waals surface area contributed by atoms with Gasteiger partial charge in [0.25, 0.3) is 0 Å². The molecule has 54 heavy (non-hydrogen) atoms. The smallest absolute Gasteiger partial charge is 0.407 e. The third-order valence-corrected chi connectivity index (χ3v) is 15.4. The average molecular weight is 760 g/mol. The van der Waals surface area contributed by atoms with E-state index in [1.165, 1.54) is 0 Å². The van der Waals surface area contributed by atoms with E-state index in [1.807, 2.05) is 113 Å². The maximum atomic E-state index is 14.7. The van der Waals surface area contributed by atoms with Crippen LogP contribution in [0.2, 0.25) is 18.1 Å². The van der Waals surface area contributed by atoms with Gasteiger partial charge in [-0.3, -0.25) is 9.59 Å².